The summed E-state index contributed by atoms with van der Waals surface area (Å²) in [7, 11) is 1.71. The molecule has 2 aliphatic heterocycles. The fourth-order valence-electron chi connectivity index (χ4n) is 2.52. The second kappa shape index (κ2) is 4.98. The number of anilines is 1. The second-order valence-corrected chi connectivity index (χ2v) is 4.71. The first-order valence-corrected chi connectivity index (χ1v) is 6.42. The van der Waals surface area contributed by atoms with E-state index in [9.17, 15) is 0 Å². The summed E-state index contributed by atoms with van der Waals surface area (Å²) >= 11 is 0. The average molecular weight is 246 g/mol. The molecule has 1 N–H and O–H groups in total. The van der Waals surface area contributed by atoms with Crippen LogP contribution in [0.3, 0.4) is 0 Å². The zero-order valence-corrected chi connectivity index (χ0v) is 10.6. The van der Waals surface area contributed by atoms with Crippen LogP contribution < -0.4 is 10.1 Å². The van der Waals surface area contributed by atoms with Crippen LogP contribution in [-0.2, 0) is 11.2 Å². The molecule has 1 atom stereocenters. The standard InChI is InChI=1S/C14H18N2O2/c1-17-13-3-2-10-4-6-15-8-12(10)14(13)16-11-5-7-18-9-11/h2-3,8,11,16H,4-7,9H2,1H3/t11-/m0/s1. The maximum Gasteiger partial charge on any atom is 0.142 e. The van der Waals surface area contributed by atoms with Crippen LogP contribution in [0.2, 0.25) is 0 Å². The van der Waals surface area contributed by atoms with Gasteiger partial charge >= 0.3 is 0 Å². The van der Waals surface area contributed by atoms with Crippen molar-refractivity contribution >= 4 is 11.9 Å². The number of hydrogen-bond donors (Lipinski definition) is 1. The quantitative estimate of drug-likeness (QED) is 0.885. The summed E-state index contributed by atoms with van der Waals surface area (Å²) in [5, 5.41) is 3.55. The molecule has 0 radical (unpaired) electrons. The van der Waals surface area contributed by atoms with Crippen LogP contribution in [0.4, 0.5) is 5.69 Å². The summed E-state index contributed by atoms with van der Waals surface area (Å²) in [5.41, 5.74) is 3.58. The van der Waals surface area contributed by atoms with Gasteiger partial charge in [0.25, 0.3) is 0 Å². The zero-order chi connectivity index (χ0) is 12.4. The Morgan fingerprint density at radius 3 is 3.17 bits per heavy atom. The maximum atomic E-state index is 5.46. The highest BCUT2D eigenvalue weighted by Crippen LogP contribution is 2.33. The van der Waals surface area contributed by atoms with Crippen molar-refractivity contribution in [3.05, 3.63) is 23.3 Å². The first-order chi connectivity index (χ1) is 8.88. The van der Waals surface area contributed by atoms with Gasteiger partial charge < -0.3 is 14.8 Å². The van der Waals surface area contributed by atoms with E-state index >= 15 is 0 Å². The largest absolute Gasteiger partial charge is 0.495 e. The van der Waals surface area contributed by atoms with Gasteiger partial charge in [-0.3, -0.25) is 4.99 Å². The number of aliphatic imine (C=N–C) groups is 1. The predicted octanol–water partition coefficient (Wildman–Crippen LogP) is 1.87. The van der Waals surface area contributed by atoms with Crippen LogP contribution in [0.1, 0.15) is 17.5 Å². The van der Waals surface area contributed by atoms with Crippen molar-refractivity contribution in [2.75, 3.05) is 32.2 Å². The molecule has 0 aliphatic carbocycles. The topological polar surface area (TPSA) is 42.8 Å². The molecule has 1 aromatic carbocycles. The molecular weight excluding hydrogens is 228 g/mol. The average Bonchev–Trinajstić information content (AvgIpc) is 2.92. The third-order valence-electron chi connectivity index (χ3n) is 3.53. The van der Waals surface area contributed by atoms with E-state index in [4.69, 9.17) is 9.47 Å². The third-order valence-corrected chi connectivity index (χ3v) is 3.53. The van der Waals surface area contributed by atoms with Gasteiger partial charge in [-0.05, 0) is 24.5 Å². The normalized spacial score (nSPS) is 21.7. The number of ether oxygens (including phenoxy) is 2. The van der Waals surface area contributed by atoms with E-state index in [1.54, 1.807) is 7.11 Å². The maximum absolute atomic E-state index is 5.46. The number of methoxy groups -OCH3 is 1. The molecule has 1 saturated heterocycles. The first-order valence-electron chi connectivity index (χ1n) is 6.42. The first kappa shape index (κ1) is 11.5. The van der Waals surface area contributed by atoms with Crippen molar-refractivity contribution in [3.63, 3.8) is 0 Å². The van der Waals surface area contributed by atoms with Crippen molar-refractivity contribution in [3.8, 4) is 5.75 Å². The van der Waals surface area contributed by atoms with Crippen molar-refractivity contribution in [1.29, 1.82) is 0 Å². The molecule has 3 rings (SSSR count). The van der Waals surface area contributed by atoms with Gasteiger partial charge in [-0.1, -0.05) is 6.07 Å². The Kier molecular flexibility index (Phi) is 3.19. The van der Waals surface area contributed by atoms with Gasteiger partial charge in [0.1, 0.15) is 5.75 Å². The Morgan fingerprint density at radius 1 is 1.44 bits per heavy atom. The highest BCUT2D eigenvalue weighted by Gasteiger charge is 2.20. The van der Waals surface area contributed by atoms with Crippen LogP contribution in [0.15, 0.2) is 17.1 Å². The van der Waals surface area contributed by atoms with Gasteiger partial charge in [-0.25, -0.2) is 0 Å². The smallest absolute Gasteiger partial charge is 0.142 e. The second-order valence-electron chi connectivity index (χ2n) is 4.71. The molecule has 1 fully saturated rings. The van der Waals surface area contributed by atoms with Gasteiger partial charge in [0.15, 0.2) is 0 Å². The van der Waals surface area contributed by atoms with Crippen LogP contribution in [0, 0.1) is 0 Å². The molecule has 4 nitrogen and oxygen atoms in total. The molecule has 1 aromatic rings. The zero-order valence-electron chi connectivity index (χ0n) is 10.6. The molecule has 0 saturated carbocycles. The van der Waals surface area contributed by atoms with Crippen molar-refractivity contribution in [2.24, 2.45) is 4.99 Å². The SMILES string of the molecule is COc1ccc2c(c1N[C@H]1CCOC1)C=NCC2. The van der Waals surface area contributed by atoms with E-state index in [0.29, 0.717) is 6.04 Å². The van der Waals surface area contributed by atoms with Gasteiger partial charge in [-0.15, -0.1) is 0 Å². The molecule has 0 spiro atoms. The van der Waals surface area contributed by atoms with Crippen LogP contribution >= 0.6 is 0 Å². The van der Waals surface area contributed by atoms with Gasteiger partial charge in [0, 0.05) is 24.9 Å². The van der Waals surface area contributed by atoms with Crippen LogP contribution in [-0.4, -0.2) is 39.1 Å². The van der Waals surface area contributed by atoms with E-state index in [1.807, 2.05) is 12.3 Å². The fourth-order valence-corrected chi connectivity index (χ4v) is 2.52. The van der Waals surface area contributed by atoms with Crippen molar-refractivity contribution in [1.82, 2.24) is 0 Å². The number of benzene rings is 1. The minimum absolute atomic E-state index is 0.376. The lowest BCUT2D eigenvalue weighted by Crippen LogP contribution is -2.21. The lowest BCUT2D eigenvalue weighted by Gasteiger charge is -2.21. The minimum atomic E-state index is 0.376. The van der Waals surface area contributed by atoms with E-state index in [2.05, 4.69) is 16.4 Å². The van der Waals surface area contributed by atoms with Gasteiger partial charge in [0.05, 0.1) is 25.4 Å². The lowest BCUT2D eigenvalue weighted by atomic mass is 10.00. The summed E-state index contributed by atoms with van der Waals surface area (Å²) in [6, 6.07) is 4.55. The summed E-state index contributed by atoms with van der Waals surface area (Å²) in [6.45, 7) is 2.48. The minimum Gasteiger partial charge on any atom is -0.495 e. The molecule has 0 unspecified atom stereocenters. The van der Waals surface area contributed by atoms with E-state index in [-0.39, 0.29) is 0 Å². The number of rotatable bonds is 3. The number of nitrogens with one attached hydrogen (secondary N) is 1. The number of hydrogen-bond acceptors (Lipinski definition) is 4. The van der Waals surface area contributed by atoms with E-state index < -0.39 is 0 Å². The van der Waals surface area contributed by atoms with Gasteiger partial charge in [-0.2, -0.15) is 0 Å². The molecule has 0 amide bonds. The predicted molar refractivity (Wildman–Crippen MR) is 72.0 cm³/mol. The molecule has 2 heterocycles. The third kappa shape index (κ3) is 2.08. The van der Waals surface area contributed by atoms with E-state index in [0.717, 1.165) is 44.0 Å². The number of fused-ring (bicyclic) bond motifs is 1. The molecule has 18 heavy (non-hydrogen) atoms. The van der Waals surface area contributed by atoms with E-state index in [1.165, 1.54) is 11.1 Å². The summed E-state index contributed by atoms with van der Waals surface area (Å²) in [6.07, 6.45) is 4.01. The van der Waals surface area contributed by atoms with Crippen LogP contribution in [0.25, 0.3) is 0 Å². The lowest BCUT2D eigenvalue weighted by molar-refractivity contribution is 0.195. The molecule has 4 heteroatoms. The molecule has 96 valence electrons. The fraction of sp³-hybridized carbons (Fsp3) is 0.500. The summed E-state index contributed by atoms with van der Waals surface area (Å²) in [4.78, 5) is 4.38. The van der Waals surface area contributed by atoms with Crippen molar-refractivity contribution in [2.45, 2.75) is 18.9 Å². The Labute approximate surface area is 107 Å². The molecule has 2 aliphatic rings. The Morgan fingerprint density at radius 2 is 2.39 bits per heavy atom. The highest BCUT2D eigenvalue weighted by atomic mass is 16.5. The molecular formula is C14H18N2O2. The Balaban J connectivity index is 1.96. The summed E-state index contributed by atoms with van der Waals surface area (Å²) < 4.78 is 10.9. The Hall–Kier alpha value is -1.55. The Bertz CT molecular complexity index is 465. The molecule has 0 bridgehead atoms. The highest BCUT2D eigenvalue weighted by molar-refractivity contribution is 5.93. The van der Waals surface area contributed by atoms with Gasteiger partial charge in [0.2, 0.25) is 0 Å². The van der Waals surface area contributed by atoms with Crippen molar-refractivity contribution < 1.29 is 9.47 Å². The summed E-state index contributed by atoms with van der Waals surface area (Å²) in [5.74, 6) is 0.883. The molecule has 0 aromatic heterocycles. The monoisotopic (exact) mass is 246 g/mol. The van der Waals surface area contributed by atoms with Crippen LogP contribution in [0.5, 0.6) is 5.75 Å². The number of nitrogens with zero attached hydrogens (tertiary/aromatic N) is 1.